The van der Waals surface area contributed by atoms with Crippen molar-refractivity contribution < 1.29 is 9.59 Å². The van der Waals surface area contributed by atoms with E-state index in [1.54, 1.807) is 4.90 Å². The van der Waals surface area contributed by atoms with Crippen molar-refractivity contribution >= 4 is 17.9 Å². The lowest BCUT2D eigenvalue weighted by molar-refractivity contribution is -0.160. The largest absolute Gasteiger partial charge is 0.349 e. The summed E-state index contributed by atoms with van der Waals surface area (Å²) >= 11 is 0. The summed E-state index contributed by atoms with van der Waals surface area (Å²) < 4.78 is 0. The van der Waals surface area contributed by atoms with Gasteiger partial charge in [-0.15, -0.1) is 0 Å². The Morgan fingerprint density at radius 2 is 1.96 bits per heavy atom. The van der Waals surface area contributed by atoms with E-state index in [1.165, 1.54) is 0 Å². The molecule has 0 spiro atoms. The molecule has 4 heteroatoms. The van der Waals surface area contributed by atoms with Crippen LogP contribution in [0, 0.1) is 5.92 Å². The Labute approximate surface area is 143 Å². The molecule has 1 saturated carbocycles. The molecular weight excluding hydrogens is 300 g/mol. The summed E-state index contributed by atoms with van der Waals surface area (Å²) in [6, 6.07) is 9.57. The molecule has 2 fully saturated rings. The first-order chi connectivity index (χ1) is 11.4. The molecule has 1 saturated heterocycles. The van der Waals surface area contributed by atoms with Gasteiger partial charge in [0.15, 0.2) is 0 Å². The molecule has 0 radical (unpaired) electrons. The summed E-state index contributed by atoms with van der Waals surface area (Å²) in [6.45, 7) is 5.87. The van der Waals surface area contributed by atoms with Gasteiger partial charge in [-0.05, 0) is 39.2 Å². The molecule has 1 N–H and O–H groups in total. The topological polar surface area (TPSA) is 49.4 Å². The van der Waals surface area contributed by atoms with Gasteiger partial charge >= 0.3 is 0 Å². The number of carbonyl (C=O) groups is 2. The molecule has 1 aromatic rings. The zero-order chi connectivity index (χ0) is 17.3. The fourth-order valence-corrected chi connectivity index (χ4v) is 3.69. The smallest absolute Gasteiger partial charge is 0.247 e. The summed E-state index contributed by atoms with van der Waals surface area (Å²) in [7, 11) is 0. The number of amides is 2. The predicted octanol–water partition coefficient (Wildman–Crippen LogP) is 2.99. The lowest BCUT2D eigenvalue weighted by Gasteiger charge is -2.47. The normalized spacial score (nSPS) is 24.6. The van der Waals surface area contributed by atoms with Crippen LogP contribution in [0.15, 0.2) is 36.4 Å². The highest BCUT2D eigenvalue weighted by Crippen LogP contribution is 2.41. The molecule has 1 aliphatic carbocycles. The van der Waals surface area contributed by atoms with Crippen molar-refractivity contribution in [2.45, 2.75) is 57.7 Å². The molecule has 0 aromatic heterocycles. The first-order valence-electron chi connectivity index (χ1n) is 8.74. The van der Waals surface area contributed by atoms with Gasteiger partial charge in [0.25, 0.3) is 0 Å². The number of hydrogen-bond donors (Lipinski definition) is 1. The van der Waals surface area contributed by atoms with Gasteiger partial charge in [-0.3, -0.25) is 9.59 Å². The first kappa shape index (κ1) is 16.7. The molecule has 24 heavy (non-hydrogen) atoms. The number of rotatable bonds is 4. The number of hydrogen-bond acceptors (Lipinski definition) is 2. The van der Waals surface area contributed by atoms with E-state index in [0.717, 1.165) is 24.8 Å². The fourth-order valence-electron chi connectivity index (χ4n) is 3.69. The van der Waals surface area contributed by atoms with Gasteiger partial charge in [0.1, 0.15) is 6.04 Å². The molecule has 3 rings (SSSR count). The van der Waals surface area contributed by atoms with Crippen LogP contribution in [0.1, 0.15) is 45.6 Å². The summed E-state index contributed by atoms with van der Waals surface area (Å²) in [5, 5.41) is 3.02. The van der Waals surface area contributed by atoms with Crippen LogP contribution >= 0.6 is 0 Å². The van der Waals surface area contributed by atoms with E-state index < -0.39 is 6.04 Å². The SMILES string of the molecule is CC(C)(C)NC(=O)C(/C=C/c1ccccc1)N1C(=O)[C@@H]2CCC[C@@H]21. The standard InChI is InChI=1S/C20H26N2O2/c1-20(2,3)21-18(23)17(13-12-14-8-5-4-6-9-14)22-16-11-7-10-15(16)19(22)24/h4-6,8-9,12-13,15-17H,7,10-11H2,1-3H3,(H,21,23)/b13-12+/t15-,16+,17?/m1/s1. The second-order valence-electron chi connectivity index (χ2n) is 7.80. The molecule has 1 aromatic carbocycles. The highest BCUT2D eigenvalue weighted by atomic mass is 16.2. The molecule has 128 valence electrons. The summed E-state index contributed by atoms with van der Waals surface area (Å²) in [6.07, 6.45) is 6.85. The van der Waals surface area contributed by atoms with Gasteiger partial charge in [0.05, 0.1) is 5.92 Å². The monoisotopic (exact) mass is 326 g/mol. The van der Waals surface area contributed by atoms with Gasteiger partial charge in [0, 0.05) is 11.6 Å². The number of β-lactam (4-membered cyclic amide) rings is 1. The fraction of sp³-hybridized carbons (Fsp3) is 0.500. The summed E-state index contributed by atoms with van der Waals surface area (Å²) in [5.41, 5.74) is 0.709. The zero-order valence-corrected chi connectivity index (χ0v) is 14.7. The maximum atomic E-state index is 12.8. The van der Waals surface area contributed by atoms with Crippen molar-refractivity contribution in [2.24, 2.45) is 5.92 Å². The van der Waals surface area contributed by atoms with Gasteiger partial charge in [-0.2, -0.15) is 0 Å². The molecule has 3 atom stereocenters. The molecule has 2 amide bonds. The van der Waals surface area contributed by atoms with Crippen LogP contribution in [-0.4, -0.2) is 34.3 Å². The first-order valence-corrected chi connectivity index (χ1v) is 8.74. The third-order valence-electron chi connectivity index (χ3n) is 4.75. The van der Waals surface area contributed by atoms with E-state index in [2.05, 4.69) is 5.32 Å². The summed E-state index contributed by atoms with van der Waals surface area (Å²) in [4.78, 5) is 27.1. The molecule has 2 aliphatic rings. The minimum Gasteiger partial charge on any atom is -0.349 e. The van der Waals surface area contributed by atoms with Crippen LogP contribution < -0.4 is 5.32 Å². The minimum atomic E-state index is -0.531. The molecule has 1 unspecified atom stereocenters. The van der Waals surface area contributed by atoms with Gasteiger partial charge < -0.3 is 10.2 Å². The van der Waals surface area contributed by atoms with Crippen LogP contribution in [0.4, 0.5) is 0 Å². The van der Waals surface area contributed by atoms with Gasteiger partial charge in [-0.1, -0.05) is 48.9 Å². The van der Waals surface area contributed by atoms with E-state index in [4.69, 9.17) is 0 Å². The average molecular weight is 326 g/mol. The van der Waals surface area contributed by atoms with Crippen molar-refractivity contribution in [1.29, 1.82) is 0 Å². The predicted molar refractivity (Wildman–Crippen MR) is 95.1 cm³/mol. The van der Waals surface area contributed by atoms with Crippen LogP contribution in [-0.2, 0) is 9.59 Å². The maximum absolute atomic E-state index is 12.8. The van der Waals surface area contributed by atoms with Crippen LogP contribution in [0.25, 0.3) is 6.08 Å². The Balaban J connectivity index is 1.82. The number of nitrogens with one attached hydrogen (secondary N) is 1. The average Bonchev–Trinajstić information content (AvgIpc) is 2.94. The number of carbonyl (C=O) groups excluding carboxylic acids is 2. The Bertz CT molecular complexity index is 645. The number of nitrogens with zero attached hydrogens (tertiary/aromatic N) is 1. The Morgan fingerprint density at radius 1 is 1.25 bits per heavy atom. The molecular formula is C20H26N2O2. The molecule has 1 heterocycles. The molecule has 4 nitrogen and oxygen atoms in total. The lowest BCUT2D eigenvalue weighted by atomic mass is 9.88. The van der Waals surface area contributed by atoms with E-state index in [-0.39, 0.29) is 29.3 Å². The van der Waals surface area contributed by atoms with Crippen LogP contribution in [0.2, 0.25) is 0 Å². The third kappa shape index (κ3) is 3.37. The van der Waals surface area contributed by atoms with Crippen LogP contribution in [0.3, 0.4) is 0 Å². The quantitative estimate of drug-likeness (QED) is 0.865. The van der Waals surface area contributed by atoms with Crippen LogP contribution in [0.5, 0.6) is 0 Å². The summed E-state index contributed by atoms with van der Waals surface area (Å²) in [5.74, 6) is 0.165. The Kier molecular flexibility index (Phi) is 4.48. The van der Waals surface area contributed by atoms with Gasteiger partial charge in [-0.25, -0.2) is 0 Å². The van der Waals surface area contributed by atoms with E-state index in [0.29, 0.717) is 0 Å². The minimum absolute atomic E-state index is 0.103. The molecule has 0 bridgehead atoms. The number of likely N-dealkylation sites (tertiary alicyclic amines) is 1. The van der Waals surface area contributed by atoms with Crippen molar-refractivity contribution in [3.8, 4) is 0 Å². The van der Waals surface area contributed by atoms with Crippen molar-refractivity contribution in [2.75, 3.05) is 0 Å². The van der Waals surface area contributed by atoms with Crippen molar-refractivity contribution in [3.63, 3.8) is 0 Å². The van der Waals surface area contributed by atoms with E-state index in [1.807, 2.05) is 63.3 Å². The van der Waals surface area contributed by atoms with Gasteiger partial charge in [0.2, 0.25) is 11.8 Å². The second-order valence-corrected chi connectivity index (χ2v) is 7.80. The van der Waals surface area contributed by atoms with Crippen molar-refractivity contribution in [3.05, 3.63) is 42.0 Å². The van der Waals surface area contributed by atoms with E-state index in [9.17, 15) is 9.59 Å². The second kappa shape index (κ2) is 6.42. The van der Waals surface area contributed by atoms with E-state index >= 15 is 0 Å². The number of fused-ring (bicyclic) bond motifs is 1. The Hall–Kier alpha value is -2.10. The van der Waals surface area contributed by atoms with Crippen molar-refractivity contribution in [1.82, 2.24) is 10.2 Å². The number of benzene rings is 1. The highest BCUT2D eigenvalue weighted by Gasteiger charge is 2.53. The zero-order valence-electron chi connectivity index (χ0n) is 14.7. The highest BCUT2D eigenvalue weighted by molar-refractivity contribution is 5.95. The maximum Gasteiger partial charge on any atom is 0.247 e. The Morgan fingerprint density at radius 3 is 2.62 bits per heavy atom. The third-order valence-corrected chi connectivity index (χ3v) is 4.75. The lowest BCUT2D eigenvalue weighted by Crippen LogP contribution is -2.65. The molecule has 1 aliphatic heterocycles.